The minimum atomic E-state index is -0.104. The molecule has 66 valence electrons. The van der Waals surface area contributed by atoms with Crippen molar-refractivity contribution >= 4 is 0 Å². The molecule has 0 aliphatic carbocycles. The van der Waals surface area contributed by atoms with E-state index < -0.39 is 0 Å². The lowest BCUT2D eigenvalue weighted by molar-refractivity contribution is 0.276. The van der Waals surface area contributed by atoms with Crippen molar-refractivity contribution < 1.29 is 5.11 Å². The average molecular weight is 176 g/mol. The predicted octanol–water partition coefficient (Wildman–Crippen LogP) is 0.155. The summed E-state index contributed by atoms with van der Waals surface area (Å²) in [6.07, 6.45) is 3.32. The van der Waals surface area contributed by atoms with Crippen LogP contribution in [0.4, 0.5) is 0 Å². The summed E-state index contributed by atoms with van der Waals surface area (Å²) in [7, 11) is 0. The summed E-state index contributed by atoms with van der Waals surface area (Å²) in [5, 5.41) is 16.3. The van der Waals surface area contributed by atoms with Crippen molar-refractivity contribution in [3.63, 3.8) is 0 Å². The van der Waals surface area contributed by atoms with E-state index in [1.165, 1.54) is 4.68 Å². The van der Waals surface area contributed by atoms with Gasteiger partial charge in [0.25, 0.3) is 0 Å². The maximum atomic E-state index is 8.76. The van der Waals surface area contributed by atoms with E-state index in [4.69, 9.17) is 5.11 Å². The highest BCUT2D eigenvalue weighted by Gasteiger charge is 2.00. The zero-order chi connectivity index (χ0) is 9.10. The van der Waals surface area contributed by atoms with Gasteiger partial charge in [0.05, 0.1) is 12.8 Å². The molecule has 0 atom stereocenters. The largest absolute Gasteiger partial charge is 0.390 e. The summed E-state index contributed by atoms with van der Waals surface area (Å²) in [6.45, 7) is -0.104. The second-order valence-corrected chi connectivity index (χ2v) is 2.50. The van der Waals surface area contributed by atoms with E-state index in [1.807, 2.05) is 18.2 Å². The molecular weight excluding hydrogens is 168 g/mol. The molecule has 0 saturated heterocycles. The van der Waals surface area contributed by atoms with Crippen molar-refractivity contribution in [2.45, 2.75) is 6.61 Å². The molecule has 0 radical (unpaired) electrons. The smallest absolute Gasteiger partial charge is 0.155 e. The van der Waals surface area contributed by atoms with Gasteiger partial charge in [-0.1, -0.05) is 11.3 Å². The summed E-state index contributed by atoms with van der Waals surface area (Å²) in [4.78, 5) is 4.08. The number of nitrogens with zero attached hydrogens (tertiary/aromatic N) is 4. The highest BCUT2D eigenvalue weighted by atomic mass is 16.3. The van der Waals surface area contributed by atoms with Gasteiger partial charge in [0, 0.05) is 6.20 Å². The topological polar surface area (TPSA) is 63.8 Å². The van der Waals surface area contributed by atoms with Gasteiger partial charge in [-0.05, 0) is 12.1 Å². The molecule has 0 spiro atoms. The summed E-state index contributed by atoms with van der Waals surface area (Å²) in [5.41, 5.74) is 0.533. The van der Waals surface area contributed by atoms with Crippen molar-refractivity contribution in [1.29, 1.82) is 0 Å². The molecule has 5 heteroatoms. The van der Waals surface area contributed by atoms with Crippen molar-refractivity contribution in [2.75, 3.05) is 0 Å². The molecule has 13 heavy (non-hydrogen) atoms. The minimum Gasteiger partial charge on any atom is -0.390 e. The molecule has 0 saturated carbocycles. The highest BCUT2D eigenvalue weighted by molar-refractivity contribution is 5.19. The Morgan fingerprint density at radius 2 is 2.31 bits per heavy atom. The lowest BCUT2D eigenvalue weighted by Crippen LogP contribution is -1.96. The molecule has 1 N–H and O–H groups in total. The van der Waals surface area contributed by atoms with Crippen LogP contribution in [-0.2, 0) is 6.61 Å². The van der Waals surface area contributed by atoms with Gasteiger partial charge in [0.2, 0.25) is 0 Å². The second-order valence-electron chi connectivity index (χ2n) is 2.50. The number of pyridine rings is 1. The van der Waals surface area contributed by atoms with Gasteiger partial charge < -0.3 is 5.11 Å². The van der Waals surface area contributed by atoms with E-state index in [0.717, 1.165) is 0 Å². The Hall–Kier alpha value is -1.75. The molecule has 0 unspecified atom stereocenters. The number of aromatic nitrogens is 4. The van der Waals surface area contributed by atoms with Crippen LogP contribution in [0.2, 0.25) is 0 Å². The molecule has 0 aromatic carbocycles. The molecule has 2 heterocycles. The molecule has 0 bridgehead atoms. The number of aliphatic hydroxyl groups excluding tert-OH is 1. The van der Waals surface area contributed by atoms with Crippen LogP contribution in [0.3, 0.4) is 0 Å². The normalized spacial score (nSPS) is 10.2. The van der Waals surface area contributed by atoms with Crippen LogP contribution >= 0.6 is 0 Å². The molecule has 0 aliphatic heterocycles. The fourth-order valence-corrected chi connectivity index (χ4v) is 0.972. The van der Waals surface area contributed by atoms with Crippen molar-refractivity contribution in [3.05, 3.63) is 36.3 Å². The van der Waals surface area contributed by atoms with Crippen LogP contribution in [0.15, 0.2) is 30.6 Å². The standard InChI is InChI=1S/C8H8N4O/c13-6-7-5-12(11-10-7)8-3-1-2-4-9-8/h1-5,13H,6H2. The van der Waals surface area contributed by atoms with Gasteiger partial charge in [-0.3, -0.25) is 0 Å². The first-order chi connectivity index (χ1) is 6.40. The van der Waals surface area contributed by atoms with E-state index in [2.05, 4.69) is 15.3 Å². The Morgan fingerprint density at radius 3 is 2.92 bits per heavy atom. The predicted molar refractivity (Wildman–Crippen MR) is 45.1 cm³/mol. The first-order valence-electron chi connectivity index (χ1n) is 3.83. The molecule has 2 aromatic heterocycles. The Kier molecular flexibility index (Phi) is 2.01. The molecule has 2 rings (SSSR count). The molecule has 2 aromatic rings. The molecular formula is C8H8N4O. The monoisotopic (exact) mass is 176 g/mol. The van der Waals surface area contributed by atoms with Crippen LogP contribution in [0.1, 0.15) is 5.69 Å². The van der Waals surface area contributed by atoms with E-state index >= 15 is 0 Å². The Bertz CT molecular complexity index is 384. The number of aliphatic hydroxyl groups is 1. The second kappa shape index (κ2) is 3.32. The van der Waals surface area contributed by atoms with Gasteiger partial charge >= 0.3 is 0 Å². The van der Waals surface area contributed by atoms with E-state index in [-0.39, 0.29) is 6.61 Å². The van der Waals surface area contributed by atoms with Crippen LogP contribution in [-0.4, -0.2) is 25.1 Å². The molecule has 0 aliphatic rings. The highest BCUT2D eigenvalue weighted by Crippen LogP contribution is 2.01. The number of hydrogen-bond acceptors (Lipinski definition) is 4. The Morgan fingerprint density at radius 1 is 1.38 bits per heavy atom. The van der Waals surface area contributed by atoms with Gasteiger partial charge in [-0.15, -0.1) is 5.10 Å². The van der Waals surface area contributed by atoms with Gasteiger partial charge in [-0.2, -0.15) is 0 Å². The fourth-order valence-electron chi connectivity index (χ4n) is 0.972. The summed E-state index contributed by atoms with van der Waals surface area (Å²) >= 11 is 0. The lowest BCUT2D eigenvalue weighted by Gasteiger charge is -1.95. The third kappa shape index (κ3) is 1.54. The van der Waals surface area contributed by atoms with Gasteiger partial charge in [0.15, 0.2) is 5.82 Å². The molecule has 5 nitrogen and oxygen atoms in total. The van der Waals surface area contributed by atoms with E-state index in [1.54, 1.807) is 12.4 Å². The maximum Gasteiger partial charge on any atom is 0.155 e. The van der Waals surface area contributed by atoms with E-state index in [0.29, 0.717) is 11.5 Å². The first-order valence-corrected chi connectivity index (χ1v) is 3.83. The summed E-state index contributed by atoms with van der Waals surface area (Å²) in [6, 6.07) is 5.51. The first kappa shape index (κ1) is 7.88. The Balaban J connectivity index is 2.36. The van der Waals surface area contributed by atoms with Gasteiger partial charge in [-0.25, -0.2) is 9.67 Å². The molecule has 0 fully saturated rings. The third-order valence-corrected chi connectivity index (χ3v) is 1.59. The maximum absolute atomic E-state index is 8.76. The number of hydrogen-bond donors (Lipinski definition) is 1. The van der Waals surface area contributed by atoms with Crippen LogP contribution in [0, 0.1) is 0 Å². The van der Waals surface area contributed by atoms with Crippen molar-refractivity contribution in [1.82, 2.24) is 20.0 Å². The van der Waals surface area contributed by atoms with Crippen molar-refractivity contribution in [2.24, 2.45) is 0 Å². The zero-order valence-electron chi connectivity index (χ0n) is 6.83. The minimum absolute atomic E-state index is 0.104. The SMILES string of the molecule is OCc1cn(-c2ccccn2)nn1. The van der Waals surface area contributed by atoms with Crippen LogP contribution in [0.5, 0.6) is 0 Å². The van der Waals surface area contributed by atoms with Crippen LogP contribution < -0.4 is 0 Å². The summed E-state index contributed by atoms with van der Waals surface area (Å²) in [5.74, 6) is 0.690. The third-order valence-electron chi connectivity index (χ3n) is 1.59. The van der Waals surface area contributed by atoms with Crippen molar-refractivity contribution in [3.8, 4) is 5.82 Å². The Labute approximate surface area is 74.7 Å². The molecule has 0 amide bonds. The van der Waals surface area contributed by atoms with Crippen LogP contribution in [0.25, 0.3) is 5.82 Å². The van der Waals surface area contributed by atoms with E-state index in [9.17, 15) is 0 Å². The fraction of sp³-hybridized carbons (Fsp3) is 0.125. The average Bonchev–Trinajstić information content (AvgIpc) is 2.67. The quantitative estimate of drug-likeness (QED) is 0.707. The summed E-state index contributed by atoms with van der Waals surface area (Å²) < 4.78 is 1.52. The number of rotatable bonds is 2. The zero-order valence-corrected chi connectivity index (χ0v) is 6.83. The lowest BCUT2D eigenvalue weighted by atomic mass is 10.4. The van der Waals surface area contributed by atoms with Gasteiger partial charge in [0.1, 0.15) is 5.69 Å².